The zero-order chi connectivity index (χ0) is 15.8. The van der Waals surface area contributed by atoms with Gasteiger partial charge < -0.3 is 10.2 Å². The molecule has 0 amide bonds. The molecular formula is C16H13FO4. The molecule has 1 rings (SSSR count). The van der Waals surface area contributed by atoms with Gasteiger partial charge in [0.05, 0.1) is 0 Å². The normalized spacial score (nSPS) is 11.5. The van der Waals surface area contributed by atoms with Crippen LogP contribution in [0.5, 0.6) is 0 Å². The second-order valence-electron chi connectivity index (χ2n) is 4.04. The van der Waals surface area contributed by atoms with E-state index in [0.717, 1.165) is 12.0 Å². The van der Waals surface area contributed by atoms with Crippen molar-refractivity contribution < 1.29 is 24.2 Å². The van der Waals surface area contributed by atoms with Crippen molar-refractivity contribution >= 4 is 11.9 Å². The molecule has 0 aromatic heterocycles. The van der Waals surface area contributed by atoms with Gasteiger partial charge >= 0.3 is 11.9 Å². The van der Waals surface area contributed by atoms with Crippen LogP contribution in [-0.4, -0.2) is 22.2 Å². The van der Waals surface area contributed by atoms with E-state index >= 15 is 0 Å². The van der Waals surface area contributed by atoms with Crippen LogP contribution in [0.1, 0.15) is 18.1 Å². The number of carbonyl (C=O) groups is 2. The average molecular weight is 288 g/mol. The third kappa shape index (κ3) is 5.74. The zero-order valence-corrected chi connectivity index (χ0v) is 11.3. The van der Waals surface area contributed by atoms with E-state index < -0.39 is 17.8 Å². The fourth-order valence-electron chi connectivity index (χ4n) is 1.41. The lowest BCUT2D eigenvalue weighted by Crippen LogP contribution is -1.96. The molecule has 21 heavy (non-hydrogen) atoms. The Morgan fingerprint density at radius 2 is 1.81 bits per heavy atom. The van der Waals surface area contributed by atoms with Crippen molar-refractivity contribution in [1.82, 2.24) is 0 Å². The van der Waals surface area contributed by atoms with Crippen LogP contribution >= 0.6 is 0 Å². The lowest BCUT2D eigenvalue weighted by atomic mass is 10.1. The summed E-state index contributed by atoms with van der Waals surface area (Å²) in [4.78, 5) is 21.0. The maximum atomic E-state index is 13.0. The molecule has 1 aromatic carbocycles. The Balaban J connectivity index is 3.07. The SMILES string of the molecule is CCc1ccc(C#CC(=CC(=O)O)C=C(F)C(=O)O)cc1. The Morgan fingerprint density at radius 3 is 2.29 bits per heavy atom. The van der Waals surface area contributed by atoms with Crippen LogP contribution in [0, 0.1) is 11.8 Å². The molecule has 0 heterocycles. The van der Waals surface area contributed by atoms with E-state index in [1.165, 1.54) is 0 Å². The Bertz CT molecular complexity index is 658. The zero-order valence-electron chi connectivity index (χ0n) is 11.3. The number of allylic oxidation sites excluding steroid dienone is 2. The molecule has 0 aliphatic rings. The Morgan fingerprint density at radius 1 is 1.19 bits per heavy atom. The Hall–Kier alpha value is -2.87. The molecule has 4 nitrogen and oxygen atoms in total. The van der Waals surface area contributed by atoms with Gasteiger partial charge in [-0.3, -0.25) is 0 Å². The van der Waals surface area contributed by atoms with Crippen LogP contribution in [0.4, 0.5) is 4.39 Å². The van der Waals surface area contributed by atoms with E-state index in [-0.39, 0.29) is 5.57 Å². The first-order valence-electron chi connectivity index (χ1n) is 6.08. The molecule has 0 fully saturated rings. The Kier molecular flexibility index (Phi) is 5.90. The first-order valence-corrected chi connectivity index (χ1v) is 6.08. The summed E-state index contributed by atoms with van der Waals surface area (Å²) in [6.07, 6.45) is 2.10. The fraction of sp³-hybridized carbons (Fsp3) is 0.125. The van der Waals surface area contributed by atoms with E-state index in [1.807, 2.05) is 19.1 Å². The molecule has 0 radical (unpaired) electrons. The predicted molar refractivity (Wildman–Crippen MR) is 75.2 cm³/mol. The molecule has 0 spiro atoms. The van der Waals surface area contributed by atoms with E-state index in [9.17, 15) is 14.0 Å². The molecule has 2 N–H and O–H groups in total. The highest BCUT2D eigenvalue weighted by molar-refractivity contribution is 5.87. The van der Waals surface area contributed by atoms with Crippen LogP contribution in [0.3, 0.4) is 0 Å². The highest BCUT2D eigenvalue weighted by atomic mass is 19.1. The molecule has 0 saturated carbocycles. The van der Waals surface area contributed by atoms with Crippen LogP contribution in [0.15, 0.2) is 47.8 Å². The van der Waals surface area contributed by atoms with E-state index in [1.54, 1.807) is 12.1 Å². The third-order valence-electron chi connectivity index (χ3n) is 2.48. The van der Waals surface area contributed by atoms with Crippen molar-refractivity contribution in [3.63, 3.8) is 0 Å². The first kappa shape index (κ1) is 16.2. The van der Waals surface area contributed by atoms with E-state index in [0.29, 0.717) is 17.7 Å². The third-order valence-corrected chi connectivity index (χ3v) is 2.48. The van der Waals surface area contributed by atoms with Gasteiger partial charge in [0.25, 0.3) is 0 Å². The summed E-state index contributed by atoms with van der Waals surface area (Å²) in [6, 6.07) is 7.25. The minimum atomic E-state index is -1.78. The summed E-state index contributed by atoms with van der Waals surface area (Å²) in [5.41, 5.74) is 1.51. The van der Waals surface area contributed by atoms with Gasteiger partial charge in [0.2, 0.25) is 5.83 Å². The van der Waals surface area contributed by atoms with Crippen molar-refractivity contribution in [2.24, 2.45) is 0 Å². The van der Waals surface area contributed by atoms with Crippen LogP contribution in [0.2, 0.25) is 0 Å². The minimum absolute atomic E-state index is 0.234. The number of aliphatic carboxylic acids is 2. The number of hydrogen-bond donors (Lipinski definition) is 2. The van der Waals surface area contributed by atoms with E-state index in [4.69, 9.17) is 10.2 Å². The van der Waals surface area contributed by atoms with Gasteiger partial charge in [-0.25, -0.2) is 9.59 Å². The molecule has 0 saturated heterocycles. The minimum Gasteiger partial charge on any atom is -0.478 e. The van der Waals surface area contributed by atoms with Crippen molar-refractivity contribution in [3.05, 3.63) is 58.9 Å². The number of aryl methyl sites for hydroxylation is 1. The summed E-state index contributed by atoms with van der Waals surface area (Å²) in [5.74, 6) is 0.512. The number of carboxylic acids is 2. The van der Waals surface area contributed by atoms with Gasteiger partial charge in [-0.05, 0) is 30.2 Å². The lowest BCUT2D eigenvalue weighted by Gasteiger charge is -1.95. The van der Waals surface area contributed by atoms with Crippen LogP contribution in [0.25, 0.3) is 0 Å². The number of hydrogen-bond acceptors (Lipinski definition) is 2. The number of rotatable bonds is 4. The number of carboxylic acid groups (broad SMARTS) is 2. The van der Waals surface area contributed by atoms with Gasteiger partial charge in [0.15, 0.2) is 0 Å². The second kappa shape index (κ2) is 7.65. The largest absolute Gasteiger partial charge is 0.478 e. The number of halogens is 1. The second-order valence-corrected chi connectivity index (χ2v) is 4.04. The van der Waals surface area contributed by atoms with Crippen LogP contribution < -0.4 is 0 Å². The molecule has 0 aliphatic carbocycles. The van der Waals surface area contributed by atoms with Crippen LogP contribution in [-0.2, 0) is 16.0 Å². The molecule has 1 aromatic rings. The molecule has 0 bridgehead atoms. The van der Waals surface area contributed by atoms with Crippen molar-refractivity contribution in [2.45, 2.75) is 13.3 Å². The van der Waals surface area contributed by atoms with Gasteiger partial charge in [0, 0.05) is 17.2 Å². The van der Waals surface area contributed by atoms with Gasteiger partial charge in [0.1, 0.15) is 0 Å². The van der Waals surface area contributed by atoms with Crippen molar-refractivity contribution in [1.29, 1.82) is 0 Å². The van der Waals surface area contributed by atoms with Gasteiger partial charge in [-0.1, -0.05) is 30.9 Å². The van der Waals surface area contributed by atoms with E-state index in [2.05, 4.69) is 11.8 Å². The summed E-state index contributed by atoms with van der Waals surface area (Å²) < 4.78 is 13.0. The quantitative estimate of drug-likeness (QED) is 0.507. The molecule has 0 unspecified atom stereocenters. The molecular weight excluding hydrogens is 275 g/mol. The summed E-state index contributed by atoms with van der Waals surface area (Å²) in [6.45, 7) is 2.01. The Labute approximate surface area is 121 Å². The first-order chi connectivity index (χ1) is 9.92. The summed E-state index contributed by atoms with van der Waals surface area (Å²) in [7, 11) is 0. The fourth-order valence-corrected chi connectivity index (χ4v) is 1.41. The van der Waals surface area contributed by atoms with Crippen molar-refractivity contribution in [2.75, 3.05) is 0 Å². The molecule has 5 heteroatoms. The molecule has 0 atom stereocenters. The maximum absolute atomic E-state index is 13.0. The number of benzene rings is 1. The standard InChI is InChI=1S/C16H13FO4/c1-2-11-3-5-12(6-4-11)7-8-13(10-15(18)19)9-14(17)16(20)21/h3-6,9-10H,2H2,1H3,(H,18,19)(H,20,21). The lowest BCUT2D eigenvalue weighted by molar-refractivity contribution is -0.134. The highest BCUT2D eigenvalue weighted by Gasteiger charge is 2.06. The van der Waals surface area contributed by atoms with Crippen molar-refractivity contribution in [3.8, 4) is 11.8 Å². The highest BCUT2D eigenvalue weighted by Crippen LogP contribution is 2.06. The summed E-state index contributed by atoms with van der Waals surface area (Å²) >= 11 is 0. The molecule has 0 aliphatic heterocycles. The van der Waals surface area contributed by atoms with Gasteiger partial charge in [-0.15, -0.1) is 0 Å². The topological polar surface area (TPSA) is 74.6 Å². The monoisotopic (exact) mass is 288 g/mol. The average Bonchev–Trinajstić information content (AvgIpc) is 2.44. The smallest absolute Gasteiger partial charge is 0.364 e. The molecule has 108 valence electrons. The summed E-state index contributed by atoms with van der Waals surface area (Å²) in [5, 5.41) is 17.1. The predicted octanol–water partition coefficient (Wildman–Crippen LogP) is 2.55. The van der Waals surface area contributed by atoms with Gasteiger partial charge in [-0.2, -0.15) is 4.39 Å². The maximum Gasteiger partial charge on any atom is 0.364 e.